The normalized spacial score (nSPS) is 13.6. The fraction of sp³-hybridized carbons (Fsp3) is 0.182. The lowest BCUT2D eigenvalue weighted by atomic mass is 10.1. The maximum absolute atomic E-state index is 12.9. The summed E-state index contributed by atoms with van der Waals surface area (Å²) in [6, 6.07) is 13.7. The fourth-order valence-corrected chi connectivity index (χ4v) is 4.17. The third kappa shape index (κ3) is 5.26. The van der Waals surface area contributed by atoms with Gasteiger partial charge in [-0.15, -0.1) is 13.2 Å². The summed E-state index contributed by atoms with van der Waals surface area (Å²) in [6.07, 6.45) is -3.55. The number of thiazole rings is 1. The zero-order valence-electron chi connectivity index (χ0n) is 17.4. The Hall–Kier alpha value is -4.11. The molecule has 1 aliphatic rings. The summed E-state index contributed by atoms with van der Waals surface area (Å²) in [5.41, 5.74) is 1.34. The quantitative estimate of drug-likeness (QED) is 0.548. The van der Waals surface area contributed by atoms with Crippen molar-refractivity contribution in [2.75, 3.05) is 23.3 Å². The minimum atomic E-state index is -4.85. The van der Waals surface area contributed by atoms with E-state index >= 15 is 0 Å². The van der Waals surface area contributed by atoms with Gasteiger partial charge in [-0.1, -0.05) is 35.6 Å². The van der Waals surface area contributed by atoms with Crippen LogP contribution in [0.2, 0.25) is 0 Å². The van der Waals surface area contributed by atoms with E-state index < -0.39 is 18.0 Å². The topological polar surface area (TPSA) is 98.6 Å². The van der Waals surface area contributed by atoms with Crippen LogP contribution in [0, 0.1) is 11.3 Å². The van der Waals surface area contributed by atoms with Crippen molar-refractivity contribution in [3.63, 3.8) is 0 Å². The molecule has 1 fully saturated rings. The number of urea groups is 1. The second-order valence-electron chi connectivity index (χ2n) is 7.16. The van der Waals surface area contributed by atoms with Gasteiger partial charge >= 0.3 is 12.4 Å². The Morgan fingerprint density at radius 2 is 2.00 bits per heavy atom. The molecule has 0 unspecified atom stereocenters. The van der Waals surface area contributed by atoms with Gasteiger partial charge in [0, 0.05) is 31.4 Å². The predicted molar refractivity (Wildman–Crippen MR) is 118 cm³/mol. The Kier molecular flexibility index (Phi) is 6.38. The number of nitrogens with zero attached hydrogens (tertiary/aromatic N) is 4. The monoisotopic (exact) mass is 487 g/mol. The molecule has 0 atom stereocenters. The summed E-state index contributed by atoms with van der Waals surface area (Å²) in [5.74, 6) is -1.05. The van der Waals surface area contributed by atoms with Gasteiger partial charge in [0.2, 0.25) is 0 Å². The van der Waals surface area contributed by atoms with Crippen LogP contribution >= 0.6 is 11.3 Å². The smallest absolute Gasteiger partial charge is 0.406 e. The lowest BCUT2D eigenvalue weighted by Crippen LogP contribution is -2.31. The average molecular weight is 487 g/mol. The molecule has 2 heterocycles. The zero-order chi connectivity index (χ0) is 24.3. The number of amides is 3. The van der Waals surface area contributed by atoms with Crippen molar-refractivity contribution < 1.29 is 27.5 Å². The average Bonchev–Trinajstić information content (AvgIpc) is 3.40. The molecule has 174 valence electrons. The molecule has 0 radical (unpaired) electrons. The molecule has 4 rings (SSSR count). The van der Waals surface area contributed by atoms with Crippen LogP contribution in [-0.4, -0.2) is 41.3 Å². The Morgan fingerprint density at radius 1 is 1.21 bits per heavy atom. The summed E-state index contributed by atoms with van der Waals surface area (Å²) in [6.45, 7) is 1.05. The molecule has 0 saturated carbocycles. The Morgan fingerprint density at radius 3 is 2.76 bits per heavy atom. The molecule has 1 aromatic heterocycles. The first-order chi connectivity index (χ1) is 16.2. The van der Waals surface area contributed by atoms with Crippen LogP contribution in [0.15, 0.2) is 54.7 Å². The molecule has 8 nitrogen and oxygen atoms in total. The predicted octanol–water partition coefficient (Wildman–Crippen LogP) is 4.61. The van der Waals surface area contributed by atoms with Crippen LogP contribution in [0.3, 0.4) is 0 Å². The second kappa shape index (κ2) is 9.40. The van der Waals surface area contributed by atoms with Crippen LogP contribution in [-0.2, 0) is 6.54 Å². The van der Waals surface area contributed by atoms with Crippen molar-refractivity contribution in [3.05, 3.63) is 70.7 Å². The molecule has 0 bridgehead atoms. The van der Waals surface area contributed by atoms with Crippen LogP contribution in [0.5, 0.6) is 5.75 Å². The van der Waals surface area contributed by atoms with Crippen molar-refractivity contribution in [3.8, 4) is 11.8 Å². The summed E-state index contributed by atoms with van der Waals surface area (Å²) in [5, 5.41) is 12.1. The number of nitriles is 1. The van der Waals surface area contributed by atoms with E-state index in [-0.39, 0.29) is 23.1 Å². The number of anilines is 2. The summed E-state index contributed by atoms with van der Waals surface area (Å²) < 4.78 is 41.1. The van der Waals surface area contributed by atoms with Crippen molar-refractivity contribution in [2.45, 2.75) is 12.9 Å². The molecule has 1 saturated heterocycles. The van der Waals surface area contributed by atoms with Gasteiger partial charge in [-0.2, -0.15) is 5.26 Å². The highest BCUT2D eigenvalue weighted by molar-refractivity contribution is 7.17. The van der Waals surface area contributed by atoms with E-state index in [1.54, 1.807) is 29.2 Å². The third-order valence-electron chi connectivity index (χ3n) is 4.87. The minimum absolute atomic E-state index is 0.112. The van der Waals surface area contributed by atoms with E-state index in [9.17, 15) is 28.0 Å². The number of nitrogens with one attached hydrogen (secondary N) is 1. The van der Waals surface area contributed by atoms with Crippen LogP contribution in [0.4, 0.5) is 28.8 Å². The van der Waals surface area contributed by atoms with Crippen molar-refractivity contribution in [1.82, 2.24) is 9.88 Å². The van der Waals surface area contributed by atoms with Crippen LogP contribution in [0.25, 0.3) is 0 Å². The number of halogens is 3. The number of carbonyl (C=O) groups is 2. The lowest BCUT2D eigenvalue weighted by molar-refractivity contribution is -0.274. The molecular formula is C22H16F3N5O3S. The lowest BCUT2D eigenvalue weighted by Gasteiger charge is -2.17. The molecular weight excluding hydrogens is 471 g/mol. The third-order valence-corrected chi connectivity index (χ3v) is 5.89. The maximum Gasteiger partial charge on any atom is 0.573 e. The number of ether oxygens (including phenoxy) is 1. The van der Waals surface area contributed by atoms with Crippen molar-refractivity contribution in [2.24, 2.45) is 0 Å². The standard InChI is InChI=1S/C22H16F3N5O3S/c23-22(24,25)33-17-7-3-6-16(10-17)28-19(31)18-12-27-20(34-18)30-9-8-29(21(30)32)13-15-5-2-1-4-14(15)11-26/h1-7,10,12H,8-9,13H2,(H,28,31). The minimum Gasteiger partial charge on any atom is -0.406 e. The van der Waals surface area contributed by atoms with Gasteiger partial charge < -0.3 is 15.0 Å². The van der Waals surface area contributed by atoms with E-state index in [4.69, 9.17) is 0 Å². The maximum atomic E-state index is 12.9. The summed E-state index contributed by atoms with van der Waals surface area (Å²) in [7, 11) is 0. The van der Waals surface area contributed by atoms with Gasteiger partial charge in [-0.25, -0.2) is 9.78 Å². The highest BCUT2D eigenvalue weighted by Crippen LogP contribution is 2.29. The first kappa shape index (κ1) is 23.1. The first-order valence-corrected chi connectivity index (χ1v) is 10.7. The van der Waals surface area contributed by atoms with Crippen LogP contribution < -0.4 is 15.0 Å². The zero-order valence-corrected chi connectivity index (χ0v) is 18.2. The Balaban J connectivity index is 1.41. The fourth-order valence-electron chi connectivity index (χ4n) is 3.34. The van der Waals surface area contributed by atoms with Gasteiger partial charge in [0.05, 0.1) is 17.8 Å². The molecule has 1 aliphatic heterocycles. The largest absolute Gasteiger partial charge is 0.573 e. The van der Waals surface area contributed by atoms with Gasteiger partial charge in [-0.3, -0.25) is 9.69 Å². The van der Waals surface area contributed by atoms with Crippen molar-refractivity contribution in [1.29, 1.82) is 5.26 Å². The second-order valence-corrected chi connectivity index (χ2v) is 8.17. The van der Waals surface area contributed by atoms with E-state index in [0.29, 0.717) is 23.8 Å². The number of alkyl halides is 3. The van der Waals surface area contributed by atoms with E-state index in [1.807, 2.05) is 0 Å². The molecule has 3 amide bonds. The number of rotatable bonds is 6. The van der Waals surface area contributed by atoms with Crippen molar-refractivity contribution >= 4 is 34.1 Å². The van der Waals surface area contributed by atoms with E-state index in [0.717, 1.165) is 29.0 Å². The Labute approximate surface area is 195 Å². The molecule has 34 heavy (non-hydrogen) atoms. The molecule has 12 heteroatoms. The summed E-state index contributed by atoms with van der Waals surface area (Å²) >= 11 is 0.983. The van der Waals surface area contributed by atoms with Gasteiger partial charge in [0.15, 0.2) is 5.13 Å². The number of aromatic nitrogens is 1. The number of hydrogen-bond donors (Lipinski definition) is 1. The molecule has 3 aromatic rings. The number of benzene rings is 2. The molecule has 0 spiro atoms. The van der Waals surface area contributed by atoms with Gasteiger partial charge in [0.25, 0.3) is 5.91 Å². The molecule has 0 aliphatic carbocycles. The van der Waals surface area contributed by atoms with E-state index in [2.05, 4.69) is 21.1 Å². The Bertz CT molecular complexity index is 1270. The first-order valence-electron chi connectivity index (χ1n) is 9.91. The van der Waals surface area contributed by atoms with Gasteiger partial charge in [-0.05, 0) is 23.8 Å². The SMILES string of the molecule is N#Cc1ccccc1CN1CCN(c2ncc(C(=O)Nc3cccc(OC(F)(F)F)c3)s2)C1=O. The van der Waals surface area contributed by atoms with E-state index in [1.165, 1.54) is 23.2 Å². The molecule has 2 aromatic carbocycles. The summed E-state index contributed by atoms with van der Waals surface area (Å²) in [4.78, 5) is 32.8. The highest BCUT2D eigenvalue weighted by Gasteiger charge is 2.33. The van der Waals surface area contributed by atoms with Crippen LogP contribution in [0.1, 0.15) is 20.8 Å². The van der Waals surface area contributed by atoms with Gasteiger partial charge in [0.1, 0.15) is 10.6 Å². The molecule has 1 N–H and O–H groups in total. The number of carbonyl (C=O) groups excluding carboxylic acids is 2. The highest BCUT2D eigenvalue weighted by atomic mass is 32.1. The number of hydrogen-bond acceptors (Lipinski definition) is 6.